The largest absolute Gasteiger partial charge is 0.497 e. The van der Waals surface area contributed by atoms with Crippen molar-refractivity contribution < 1.29 is 9.47 Å². The van der Waals surface area contributed by atoms with E-state index in [1.165, 1.54) is 6.42 Å². The highest BCUT2D eigenvalue weighted by atomic mass is 35.5. The molecule has 1 aliphatic rings. The molecule has 1 aliphatic heterocycles. The highest BCUT2D eigenvalue weighted by Crippen LogP contribution is 2.38. The average molecular weight is 573 g/mol. The number of rotatable bonds is 8. The first-order chi connectivity index (χ1) is 19.9. The van der Waals surface area contributed by atoms with Gasteiger partial charge in [0.15, 0.2) is 16.9 Å². The molecule has 11 heteroatoms. The topological polar surface area (TPSA) is 96.0 Å². The molecule has 1 fully saturated rings. The lowest BCUT2D eigenvalue weighted by molar-refractivity contribution is 0.238. The molecule has 0 radical (unpaired) electrons. The molecule has 0 atom stereocenters. The van der Waals surface area contributed by atoms with Crippen molar-refractivity contribution >= 4 is 28.6 Å². The van der Waals surface area contributed by atoms with E-state index in [2.05, 4.69) is 28.8 Å². The summed E-state index contributed by atoms with van der Waals surface area (Å²) in [4.78, 5) is 16.6. The second kappa shape index (κ2) is 11.0. The van der Waals surface area contributed by atoms with Gasteiger partial charge in [-0.2, -0.15) is 5.10 Å². The number of fused-ring (bicyclic) bond motifs is 1. The SMILES string of the molecule is CCC1(C)CCN(c2cnc3c(Oc4ccnc(-c5cnn(C)c5)c4Cl)nn(Cc4ccc(OC)cc4)c3n2)CC1. The Morgan fingerprint density at radius 3 is 2.51 bits per heavy atom. The Balaban J connectivity index is 1.37. The molecule has 4 aromatic heterocycles. The third-order valence-corrected chi connectivity index (χ3v) is 8.44. The third kappa shape index (κ3) is 5.44. The molecule has 10 nitrogen and oxygen atoms in total. The zero-order chi connectivity index (χ0) is 28.6. The fourth-order valence-electron chi connectivity index (χ4n) is 5.12. The van der Waals surface area contributed by atoms with E-state index in [4.69, 9.17) is 36.1 Å². The van der Waals surface area contributed by atoms with Crippen LogP contribution in [0.25, 0.3) is 22.4 Å². The van der Waals surface area contributed by atoms with Crippen molar-refractivity contribution in [2.45, 2.75) is 39.7 Å². The van der Waals surface area contributed by atoms with Gasteiger partial charge in [0.25, 0.3) is 5.88 Å². The maximum atomic E-state index is 6.77. The van der Waals surface area contributed by atoms with Crippen LogP contribution in [0.3, 0.4) is 0 Å². The minimum absolute atomic E-state index is 0.329. The molecule has 0 aliphatic carbocycles. The first-order valence-corrected chi connectivity index (χ1v) is 14.2. The van der Waals surface area contributed by atoms with Gasteiger partial charge in [0, 0.05) is 44.2 Å². The van der Waals surface area contributed by atoms with Gasteiger partial charge >= 0.3 is 0 Å². The van der Waals surface area contributed by atoms with E-state index < -0.39 is 0 Å². The van der Waals surface area contributed by atoms with Crippen LogP contribution >= 0.6 is 11.6 Å². The number of anilines is 1. The van der Waals surface area contributed by atoms with Gasteiger partial charge in [-0.3, -0.25) is 9.67 Å². The Labute approximate surface area is 243 Å². The van der Waals surface area contributed by atoms with Crippen LogP contribution in [0, 0.1) is 5.41 Å². The number of piperidine rings is 1. The van der Waals surface area contributed by atoms with Crippen LogP contribution in [-0.2, 0) is 13.6 Å². The number of aryl methyl sites for hydroxylation is 1. The number of benzene rings is 1. The molecule has 5 heterocycles. The predicted molar refractivity (Wildman–Crippen MR) is 159 cm³/mol. The number of halogens is 1. The van der Waals surface area contributed by atoms with Gasteiger partial charge in [-0.05, 0) is 36.0 Å². The lowest BCUT2D eigenvalue weighted by atomic mass is 9.78. The zero-order valence-electron chi connectivity index (χ0n) is 23.7. The molecule has 0 N–H and O–H groups in total. The van der Waals surface area contributed by atoms with E-state index >= 15 is 0 Å². The number of aromatic nitrogens is 7. The van der Waals surface area contributed by atoms with Crippen molar-refractivity contribution in [3.63, 3.8) is 0 Å². The predicted octanol–water partition coefficient (Wildman–Crippen LogP) is 6.14. The molecule has 1 saturated heterocycles. The quantitative estimate of drug-likeness (QED) is 0.219. The molecule has 6 rings (SSSR count). The number of nitrogens with zero attached hydrogens (tertiary/aromatic N) is 8. The Hall–Kier alpha value is -4.18. The standard InChI is InChI=1S/C30H33ClN8O2/c1-5-30(2)11-14-38(15-12-30)24-17-33-27-28(35-24)39(18-20-6-8-22(40-4)9-7-20)36-29(27)41-23-10-13-32-26(25(23)31)21-16-34-37(3)19-21/h6-10,13,16-17,19H,5,11-12,14-15,18H2,1-4H3. The molecule has 5 aromatic rings. The number of hydrogen-bond acceptors (Lipinski definition) is 8. The molecule has 0 amide bonds. The maximum absolute atomic E-state index is 6.77. The molecule has 1 aromatic carbocycles. The smallest absolute Gasteiger partial charge is 0.266 e. The van der Waals surface area contributed by atoms with Gasteiger partial charge in [-0.15, -0.1) is 5.10 Å². The highest BCUT2D eigenvalue weighted by molar-refractivity contribution is 6.34. The first kappa shape index (κ1) is 27.0. The van der Waals surface area contributed by atoms with Crippen molar-refractivity contribution in [1.29, 1.82) is 0 Å². The number of hydrogen-bond donors (Lipinski definition) is 0. The van der Waals surface area contributed by atoms with Crippen molar-refractivity contribution in [2.75, 3.05) is 25.1 Å². The van der Waals surface area contributed by atoms with E-state index in [1.807, 2.05) is 48.4 Å². The zero-order valence-corrected chi connectivity index (χ0v) is 24.5. The second-order valence-corrected chi connectivity index (χ2v) is 11.2. The van der Waals surface area contributed by atoms with Crippen LogP contribution in [0.5, 0.6) is 17.4 Å². The Morgan fingerprint density at radius 1 is 1.05 bits per heavy atom. The summed E-state index contributed by atoms with van der Waals surface area (Å²) in [5.74, 6) is 2.40. The van der Waals surface area contributed by atoms with Crippen LogP contribution in [-0.4, -0.2) is 54.7 Å². The number of ether oxygens (including phenoxy) is 2. The third-order valence-electron chi connectivity index (χ3n) is 8.08. The van der Waals surface area contributed by atoms with Crippen molar-refractivity contribution in [1.82, 2.24) is 34.5 Å². The Morgan fingerprint density at radius 2 is 1.83 bits per heavy atom. The van der Waals surface area contributed by atoms with Crippen LogP contribution in [0.4, 0.5) is 5.82 Å². The van der Waals surface area contributed by atoms with Gasteiger partial charge in [0.1, 0.15) is 16.6 Å². The summed E-state index contributed by atoms with van der Waals surface area (Å²) in [6.07, 6.45) is 10.5. The highest BCUT2D eigenvalue weighted by Gasteiger charge is 2.29. The van der Waals surface area contributed by atoms with Gasteiger partial charge < -0.3 is 14.4 Å². The minimum atomic E-state index is 0.329. The van der Waals surface area contributed by atoms with Gasteiger partial charge in [0.2, 0.25) is 0 Å². The van der Waals surface area contributed by atoms with Crippen LogP contribution in [0.2, 0.25) is 5.02 Å². The lowest BCUT2D eigenvalue weighted by Crippen LogP contribution is -2.38. The molecule has 41 heavy (non-hydrogen) atoms. The fourth-order valence-corrected chi connectivity index (χ4v) is 5.38. The number of methoxy groups -OCH3 is 1. The van der Waals surface area contributed by atoms with Gasteiger partial charge in [-0.25, -0.2) is 14.6 Å². The summed E-state index contributed by atoms with van der Waals surface area (Å²) in [6.45, 7) is 7.03. The summed E-state index contributed by atoms with van der Waals surface area (Å²) >= 11 is 6.77. The molecule has 0 bridgehead atoms. The summed E-state index contributed by atoms with van der Waals surface area (Å²) in [5, 5.41) is 9.42. The molecule has 0 unspecified atom stereocenters. The molecule has 212 valence electrons. The Bertz CT molecular complexity index is 1670. The second-order valence-electron chi connectivity index (χ2n) is 10.8. The van der Waals surface area contributed by atoms with Crippen LogP contribution in [0.15, 0.2) is 55.1 Å². The minimum Gasteiger partial charge on any atom is -0.497 e. The van der Waals surface area contributed by atoms with Gasteiger partial charge in [-0.1, -0.05) is 44.0 Å². The first-order valence-electron chi connectivity index (χ1n) is 13.8. The van der Waals surface area contributed by atoms with Crippen LogP contribution in [0.1, 0.15) is 38.7 Å². The molecule has 0 spiro atoms. The molecular weight excluding hydrogens is 540 g/mol. The van der Waals surface area contributed by atoms with E-state index in [0.29, 0.717) is 45.5 Å². The van der Waals surface area contributed by atoms with E-state index in [9.17, 15) is 0 Å². The van der Waals surface area contributed by atoms with E-state index in [0.717, 1.165) is 48.6 Å². The summed E-state index contributed by atoms with van der Waals surface area (Å²) in [7, 11) is 3.50. The van der Waals surface area contributed by atoms with Crippen molar-refractivity contribution in [2.24, 2.45) is 12.5 Å². The summed E-state index contributed by atoms with van der Waals surface area (Å²) in [6, 6.07) is 9.62. The summed E-state index contributed by atoms with van der Waals surface area (Å²) < 4.78 is 15.2. The fraction of sp³-hybridized carbons (Fsp3) is 0.367. The van der Waals surface area contributed by atoms with Gasteiger partial charge in [0.05, 0.1) is 31.7 Å². The van der Waals surface area contributed by atoms with Crippen molar-refractivity contribution in [3.8, 4) is 28.6 Å². The van der Waals surface area contributed by atoms with E-state index in [1.54, 1.807) is 30.3 Å². The maximum Gasteiger partial charge on any atom is 0.266 e. The summed E-state index contributed by atoms with van der Waals surface area (Å²) in [5.41, 5.74) is 4.01. The van der Waals surface area contributed by atoms with Crippen molar-refractivity contribution in [3.05, 3.63) is 65.7 Å². The normalized spacial score (nSPS) is 14.9. The molecular formula is C30H33ClN8O2. The monoisotopic (exact) mass is 572 g/mol. The van der Waals surface area contributed by atoms with E-state index in [-0.39, 0.29) is 0 Å². The molecule has 0 saturated carbocycles. The number of pyridine rings is 1. The average Bonchev–Trinajstić information content (AvgIpc) is 3.57. The van der Waals surface area contributed by atoms with Crippen LogP contribution < -0.4 is 14.4 Å². The lowest BCUT2D eigenvalue weighted by Gasteiger charge is -2.39. The Kier molecular flexibility index (Phi) is 7.25.